The number of aliphatic imine (C=N–C) groups is 1. The van der Waals surface area contributed by atoms with Gasteiger partial charge in [0.15, 0.2) is 5.84 Å². The number of carbonyl (C=O) groups excluding carboxylic acids is 1. The molecule has 1 heterocycles. The summed E-state index contributed by atoms with van der Waals surface area (Å²) >= 11 is 0. The number of carbonyl (C=O) groups is 1. The molecule has 198 valence electrons. The zero-order valence-electron chi connectivity index (χ0n) is 22.6. The Balaban J connectivity index is 1.68. The Kier molecular flexibility index (Phi) is 9.73. The zero-order chi connectivity index (χ0) is 27.5. The standard InChI is InChI=1S/C33H35N5O/c1-3-4-9-21-36-33(39)27-17-12-16-26(22-27)31(34)38-32(37-23-28-18-8-10-20-35-28)30-24(2)13-11-19-29(30)25-14-6-5-7-15-25/h5-8,10-20,22H,3-4,9,21,23H2,1-2H3,(H,36,39)(H2,34,37,38). The van der Waals surface area contributed by atoms with Crippen molar-refractivity contribution in [2.75, 3.05) is 6.54 Å². The van der Waals surface area contributed by atoms with Gasteiger partial charge in [0.2, 0.25) is 0 Å². The van der Waals surface area contributed by atoms with Gasteiger partial charge in [0, 0.05) is 29.4 Å². The van der Waals surface area contributed by atoms with Crippen molar-refractivity contribution >= 4 is 17.6 Å². The molecule has 3 N–H and O–H groups in total. The number of amides is 1. The Morgan fingerprint density at radius 3 is 2.41 bits per heavy atom. The summed E-state index contributed by atoms with van der Waals surface area (Å²) in [6, 6.07) is 29.2. The number of nitrogens with one attached hydrogen (secondary N) is 3. The van der Waals surface area contributed by atoms with Crippen LogP contribution in [0.5, 0.6) is 0 Å². The van der Waals surface area contributed by atoms with E-state index in [2.05, 4.69) is 40.7 Å². The molecule has 0 aliphatic rings. The van der Waals surface area contributed by atoms with Gasteiger partial charge in [-0.25, -0.2) is 4.99 Å². The highest BCUT2D eigenvalue weighted by Crippen LogP contribution is 2.27. The molecule has 0 aliphatic carbocycles. The normalized spacial score (nSPS) is 11.2. The van der Waals surface area contributed by atoms with Crippen LogP contribution in [0.2, 0.25) is 0 Å². The maximum Gasteiger partial charge on any atom is 0.251 e. The van der Waals surface area contributed by atoms with E-state index in [1.54, 1.807) is 24.4 Å². The van der Waals surface area contributed by atoms with Crippen molar-refractivity contribution in [3.05, 3.63) is 125 Å². The van der Waals surface area contributed by atoms with Gasteiger partial charge in [-0.1, -0.05) is 86.5 Å². The lowest BCUT2D eigenvalue weighted by Crippen LogP contribution is -2.27. The van der Waals surface area contributed by atoms with Crippen LogP contribution in [0.25, 0.3) is 11.1 Å². The summed E-state index contributed by atoms with van der Waals surface area (Å²) in [4.78, 5) is 21.9. The Hall–Kier alpha value is -4.58. The van der Waals surface area contributed by atoms with Crippen LogP contribution in [-0.4, -0.2) is 29.1 Å². The number of aromatic nitrogens is 1. The molecule has 0 saturated heterocycles. The van der Waals surface area contributed by atoms with E-state index in [0.29, 0.717) is 30.1 Å². The first kappa shape index (κ1) is 27.5. The highest BCUT2D eigenvalue weighted by molar-refractivity contribution is 6.14. The third kappa shape index (κ3) is 7.48. The van der Waals surface area contributed by atoms with Gasteiger partial charge < -0.3 is 10.6 Å². The summed E-state index contributed by atoms with van der Waals surface area (Å²) in [6.45, 7) is 5.28. The van der Waals surface area contributed by atoms with Crippen molar-refractivity contribution < 1.29 is 4.79 Å². The summed E-state index contributed by atoms with van der Waals surface area (Å²) in [5.74, 6) is 0.516. The van der Waals surface area contributed by atoms with Crippen LogP contribution in [0.15, 0.2) is 102 Å². The van der Waals surface area contributed by atoms with Gasteiger partial charge in [0.05, 0.1) is 12.2 Å². The van der Waals surface area contributed by atoms with Gasteiger partial charge in [-0.15, -0.1) is 0 Å². The second-order valence-electron chi connectivity index (χ2n) is 9.39. The van der Waals surface area contributed by atoms with E-state index >= 15 is 0 Å². The lowest BCUT2D eigenvalue weighted by atomic mass is 9.95. The molecular weight excluding hydrogens is 482 g/mol. The lowest BCUT2D eigenvalue weighted by Gasteiger charge is -2.17. The number of amidine groups is 2. The van der Waals surface area contributed by atoms with Gasteiger partial charge in [0.25, 0.3) is 5.91 Å². The molecule has 6 heteroatoms. The molecule has 0 saturated carbocycles. The van der Waals surface area contributed by atoms with Gasteiger partial charge in [-0.2, -0.15) is 0 Å². The van der Waals surface area contributed by atoms with Crippen LogP contribution in [-0.2, 0) is 6.54 Å². The van der Waals surface area contributed by atoms with E-state index in [0.717, 1.165) is 47.2 Å². The van der Waals surface area contributed by atoms with E-state index in [1.165, 1.54) is 0 Å². The molecule has 0 fully saturated rings. The summed E-state index contributed by atoms with van der Waals surface area (Å²) in [5, 5.41) is 15.3. The third-order valence-electron chi connectivity index (χ3n) is 6.45. The SMILES string of the molecule is CCCCCNC(=O)c1cccc(C(=N)/N=C(/NCc2ccccn2)c2c(C)cccc2-c2ccccc2)c1. The van der Waals surface area contributed by atoms with Crippen molar-refractivity contribution in [3.8, 4) is 11.1 Å². The average molecular weight is 518 g/mol. The second-order valence-corrected chi connectivity index (χ2v) is 9.39. The first-order valence-corrected chi connectivity index (χ1v) is 13.4. The Morgan fingerprint density at radius 1 is 0.872 bits per heavy atom. The highest BCUT2D eigenvalue weighted by Gasteiger charge is 2.16. The predicted octanol–water partition coefficient (Wildman–Crippen LogP) is 6.54. The van der Waals surface area contributed by atoms with Gasteiger partial charge in [0.1, 0.15) is 5.84 Å². The molecule has 1 aromatic heterocycles. The van der Waals surface area contributed by atoms with E-state index in [4.69, 9.17) is 10.4 Å². The summed E-state index contributed by atoms with van der Waals surface area (Å²) in [6.07, 6.45) is 4.90. The first-order chi connectivity index (χ1) is 19.1. The molecule has 0 radical (unpaired) electrons. The average Bonchev–Trinajstić information content (AvgIpc) is 2.98. The summed E-state index contributed by atoms with van der Waals surface area (Å²) in [7, 11) is 0. The smallest absolute Gasteiger partial charge is 0.251 e. The lowest BCUT2D eigenvalue weighted by molar-refractivity contribution is 0.0953. The van der Waals surface area contributed by atoms with E-state index in [1.807, 2.05) is 61.5 Å². The van der Waals surface area contributed by atoms with Crippen molar-refractivity contribution in [2.45, 2.75) is 39.7 Å². The number of hydrogen-bond donors (Lipinski definition) is 3. The molecule has 0 unspecified atom stereocenters. The first-order valence-electron chi connectivity index (χ1n) is 13.4. The van der Waals surface area contributed by atoms with E-state index in [-0.39, 0.29) is 11.7 Å². The number of rotatable bonds is 10. The number of aryl methyl sites for hydroxylation is 1. The van der Waals surface area contributed by atoms with Gasteiger partial charge in [-0.05, 0) is 54.3 Å². The Labute approximate surface area is 230 Å². The number of pyridine rings is 1. The minimum Gasteiger partial charge on any atom is -0.364 e. The maximum atomic E-state index is 12.7. The fourth-order valence-corrected chi connectivity index (χ4v) is 4.36. The molecule has 4 rings (SSSR count). The summed E-state index contributed by atoms with van der Waals surface area (Å²) in [5.41, 5.74) is 6.02. The quantitative estimate of drug-likeness (QED) is 0.127. The minimum atomic E-state index is -0.136. The molecular formula is C33H35N5O. The zero-order valence-corrected chi connectivity index (χ0v) is 22.6. The molecule has 4 aromatic rings. The predicted molar refractivity (Wildman–Crippen MR) is 159 cm³/mol. The molecule has 39 heavy (non-hydrogen) atoms. The van der Waals surface area contributed by atoms with Crippen LogP contribution in [0.4, 0.5) is 0 Å². The molecule has 6 nitrogen and oxygen atoms in total. The largest absolute Gasteiger partial charge is 0.364 e. The van der Waals surface area contributed by atoms with Crippen LogP contribution in [0.1, 0.15) is 58.9 Å². The van der Waals surface area contributed by atoms with Crippen molar-refractivity contribution in [3.63, 3.8) is 0 Å². The molecule has 0 atom stereocenters. The molecule has 3 aromatic carbocycles. The van der Waals surface area contributed by atoms with Crippen LogP contribution in [0, 0.1) is 12.3 Å². The number of benzene rings is 3. The highest BCUT2D eigenvalue weighted by atomic mass is 16.1. The Bertz CT molecular complexity index is 1430. The van der Waals surface area contributed by atoms with Gasteiger partial charge in [-0.3, -0.25) is 15.2 Å². The van der Waals surface area contributed by atoms with E-state index < -0.39 is 0 Å². The van der Waals surface area contributed by atoms with Crippen LogP contribution < -0.4 is 10.6 Å². The maximum absolute atomic E-state index is 12.7. The Morgan fingerprint density at radius 2 is 1.64 bits per heavy atom. The van der Waals surface area contributed by atoms with E-state index in [9.17, 15) is 4.79 Å². The number of hydrogen-bond acceptors (Lipinski definition) is 3. The second kappa shape index (κ2) is 13.8. The molecule has 0 spiro atoms. The molecule has 0 aliphatic heterocycles. The topological polar surface area (TPSA) is 90.2 Å². The van der Waals surface area contributed by atoms with Crippen LogP contribution in [0.3, 0.4) is 0 Å². The minimum absolute atomic E-state index is 0.0708. The number of unbranched alkanes of at least 4 members (excludes halogenated alkanes) is 2. The van der Waals surface area contributed by atoms with Crippen molar-refractivity contribution in [1.29, 1.82) is 5.41 Å². The fourth-order valence-electron chi connectivity index (χ4n) is 4.36. The third-order valence-corrected chi connectivity index (χ3v) is 6.45. The molecule has 0 bridgehead atoms. The fraction of sp³-hybridized carbons (Fsp3) is 0.212. The van der Waals surface area contributed by atoms with Gasteiger partial charge >= 0.3 is 0 Å². The summed E-state index contributed by atoms with van der Waals surface area (Å²) < 4.78 is 0. The monoisotopic (exact) mass is 517 g/mol. The number of nitrogens with zero attached hydrogens (tertiary/aromatic N) is 2. The molecule has 1 amide bonds. The van der Waals surface area contributed by atoms with Crippen molar-refractivity contribution in [1.82, 2.24) is 15.6 Å². The van der Waals surface area contributed by atoms with Crippen molar-refractivity contribution in [2.24, 2.45) is 4.99 Å². The van der Waals surface area contributed by atoms with Crippen LogP contribution >= 0.6 is 0 Å².